The number of rotatable bonds is 3. The monoisotopic (exact) mass is 331 g/mol. The third kappa shape index (κ3) is 3.78. The third-order valence-corrected chi connectivity index (χ3v) is 3.97. The number of benzene rings is 1. The molecule has 8 heteroatoms. The predicted octanol–water partition coefficient (Wildman–Crippen LogP) is 1.42. The number of carboxylic acid groups (broad SMARTS) is 1. The van der Waals surface area contributed by atoms with Crippen LogP contribution in [-0.4, -0.2) is 59.5 Å². The first-order valence-electron chi connectivity index (χ1n) is 6.36. The van der Waals surface area contributed by atoms with E-state index in [0.717, 1.165) is 0 Å². The molecule has 1 fully saturated rings. The summed E-state index contributed by atoms with van der Waals surface area (Å²) in [7, 11) is 0. The fraction of sp³-hybridized carbons (Fsp3) is 0.385. The van der Waals surface area contributed by atoms with Crippen LogP contribution >= 0.6 is 23.2 Å². The van der Waals surface area contributed by atoms with Crippen molar-refractivity contribution in [1.82, 2.24) is 9.80 Å². The number of amides is 1. The number of nitrogen functional groups attached to an aromatic ring is 1. The molecule has 1 amide bonds. The van der Waals surface area contributed by atoms with Gasteiger partial charge in [-0.3, -0.25) is 14.5 Å². The summed E-state index contributed by atoms with van der Waals surface area (Å²) < 4.78 is 0. The average Bonchev–Trinajstić information content (AvgIpc) is 2.43. The number of piperazine rings is 1. The molecular formula is C13H15Cl2N3O3. The van der Waals surface area contributed by atoms with Crippen LogP contribution in [-0.2, 0) is 4.79 Å². The number of aliphatic carboxylic acids is 1. The third-order valence-electron chi connectivity index (χ3n) is 3.34. The summed E-state index contributed by atoms with van der Waals surface area (Å²) in [6, 6.07) is 2.99. The summed E-state index contributed by atoms with van der Waals surface area (Å²) >= 11 is 11.9. The molecule has 1 heterocycles. The second-order valence-corrected chi connectivity index (χ2v) is 5.63. The van der Waals surface area contributed by atoms with E-state index in [0.29, 0.717) is 31.7 Å². The number of carbonyl (C=O) groups excluding carboxylic acids is 1. The maximum absolute atomic E-state index is 12.4. The molecule has 0 radical (unpaired) electrons. The molecule has 0 unspecified atom stereocenters. The minimum atomic E-state index is -0.869. The first-order chi connectivity index (χ1) is 9.88. The summed E-state index contributed by atoms with van der Waals surface area (Å²) in [6.45, 7) is 1.96. The molecule has 0 bridgehead atoms. The lowest BCUT2D eigenvalue weighted by atomic mass is 10.1. The fourth-order valence-electron chi connectivity index (χ4n) is 2.19. The predicted molar refractivity (Wildman–Crippen MR) is 80.9 cm³/mol. The van der Waals surface area contributed by atoms with E-state index in [9.17, 15) is 9.59 Å². The number of halogens is 2. The molecule has 0 spiro atoms. The number of nitrogens with two attached hydrogens (primary N) is 1. The zero-order valence-corrected chi connectivity index (χ0v) is 12.7. The second kappa shape index (κ2) is 6.51. The van der Waals surface area contributed by atoms with Gasteiger partial charge in [0.15, 0.2) is 0 Å². The van der Waals surface area contributed by atoms with Crippen LogP contribution in [0.4, 0.5) is 5.69 Å². The van der Waals surface area contributed by atoms with Gasteiger partial charge in [-0.25, -0.2) is 0 Å². The van der Waals surface area contributed by atoms with Crippen LogP contribution in [0.15, 0.2) is 12.1 Å². The fourth-order valence-corrected chi connectivity index (χ4v) is 2.68. The van der Waals surface area contributed by atoms with Crippen molar-refractivity contribution in [3.63, 3.8) is 0 Å². The van der Waals surface area contributed by atoms with Gasteiger partial charge in [0.05, 0.1) is 22.3 Å². The standard InChI is InChI=1S/C13H15Cl2N3O3/c14-9-5-8(6-10(15)12(9)16)13(21)18-3-1-17(2-4-18)7-11(19)20/h5-6H,1-4,7,16H2,(H,19,20). The minimum absolute atomic E-state index is 0.0123. The highest BCUT2D eigenvalue weighted by molar-refractivity contribution is 6.39. The zero-order chi connectivity index (χ0) is 15.6. The first-order valence-corrected chi connectivity index (χ1v) is 7.12. The van der Waals surface area contributed by atoms with Crippen LogP contribution < -0.4 is 5.73 Å². The highest BCUT2D eigenvalue weighted by atomic mass is 35.5. The molecule has 1 aromatic carbocycles. The van der Waals surface area contributed by atoms with Crippen molar-refractivity contribution in [3.8, 4) is 0 Å². The van der Waals surface area contributed by atoms with Gasteiger partial charge in [-0.2, -0.15) is 0 Å². The minimum Gasteiger partial charge on any atom is -0.480 e. The SMILES string of the molecule is Nc1c(Cl)cc(C(=O)N2CCN(CC(=O)O)CC2)cc1Cl. The van der Waals surface area contributed by atoms with Crippen molar-refractivity contribution in [2.75, 3.05) is 38.5 Å². The molecule has 0 aliphatic carbocycles. The number of anilines is 1. The van der Waals surface area contributed by atoms with E-state index in [-0.39, 0.29) is 28.2 Å². The summed E-state index contributed by atoms with van der Waals surface area (Å²) in [5.74, 6) is -1.05. The lowest BCUT2D eigenvalue weighted by Crippen LogP contribution is -2.49. The van der Waals surface area contributed by atoms with E-state index in [1.807, 2.05) is 0 Å². The topological polar surface area (TPSA) is 86.9 Å². The lowest BCUT2D eigenvalue weighted by Gasteiger charge is -2.33. The molecule has 1 saturated heterocycles. The highest BCUT2D eigenvalue weighted by Gasteiger charge is 2.24. The molecule has 2 rings (SSSR count). The van der Waals surface area contributed by atoms with E-state index < -0.39 is 5.97 Å². The second-order valence-electron chi connectivity index (χ2n) is 4.82. The average molecular weight is 332 g/mol. The van der Waals surface area contributed by atoms with E-state index in [2.05, 4.69) is 0 Å². The molecule has 0 saturated carbocycles. The van der Waals surface area contributed by atoms with Gasteiger partial charge in [0, 0.05) is 31.7 Å². The number of carboxylic acids is 1. The van der Waals surface area contributed by atoms with Crippen LogP contribution in [0.25, 0.3) is 0 Å². The molecule has 114 valence electrons. The molecule has 1 aliphatic heterocycles. The first kappa shape index (κ1) is 15.9. The number of hydrogen-bond acceptors (Lipinski definition) is 4. The Morgan fingerprint density at radius 1 is 1.14 bits per heavy atom. The van der Waals surface area contributed by atoms with Gasteiger partial charge in [-0.05, 0) is 12.1 Å². The highest BCUT2D eigenvalue weighted by Crippen LogP contribution is 2.29. The van der Waals surface area contributed by atoms with Gasteiger partial charge >= 0.3 is 5.97 Å². The molecule has 0 aromatic heterocycles. The van der Waals surface area contributed by atoms with Gasteiger partial charge in [0.25, 0.3) is 5.91 Å². The van der Waals surface area contributed by atoms with Crippen LogP contribution in [0.1, 0.15) is 10.4 Å². The Morgan fingerprint density at radius 3 is 2.14 bits per heavy atom. The Bertz CT molecular complexity index is 549. The van der Waals surface area contributed by atoms with Crippen LogP contribution in [0, 0.1) is 0 Å². The number of hydrogen-bond donors (Lipinski definition) is 2. The van der Waals surface area contributed by atoms with Crippen LogP contribution in [0.3, 0.4) is 0 Å². The van der Waals surface area contributed by atoms with Gasteiger partial charge in [-0.1, -0.05) is 23.2 Å². The molecular weight excluding hydrogens is 317 g/mol. The largest absolute Gasteiger partial charge is 0.480 e. The van der Waals surface area contributed by atoms with Gasteiger partial charge < -0.3 is 15.7 Å². The molecule has 1 aromatic rings. The van der Waals surface area contributed by atoms with Crippen LogP contribution in [0.2, 0.25) is 10.0 Å². The molecule has 21 heavy (non-hydrogen) atoms. The van der Waals surface area contributed by atoms with E-state index in [1.165, 1.54) is 12.1 Å². The van der Waals surface area contributed by atoms with E-state index >= 15 is 0 Å². The van der Waals surface area contributed by atoms with E-state index in [1.54, 1.807) is 9.80 Å². The summed E-state index contributed by atoms with van der Waals surface area (Å²) in [5, 5.41) is 9.23. The summed E-state index contributed by atoms with van der Waals surface area (Å²) in [6.07, 6.45) is 0. The molecule has 0 atom stereocenters. The van der Waals surface area contributed by atoms with Crippen molar-refractivity contribution in [1.29, 1.82) is 0 Å². The maximum atomic E-state index is 12.4. The molecule has 1 aliphatic rings. The zero-order valence-electron chi connectivity index (χ0n) is 11.2. The molecule has 6 nitrogen and oxygen atoms in total. The van der Waals surface area contributed by atoms with Gasteiger partial charge in [0.1, 0.15) is 0 Å². The van der Waals surface area contributed by atoms with Crippen molar-refractivity contribution < 1.29 is 14.7 Å². The Hall–Kier alpha value is -1.50. The van der Waals surface area contributed by atoms with Crippen molar-refractivity contribution >= 4 is 40.8 Å². The van der Waals surface area contributed by atoms with Crippen LogP contribution in [0.5, 0.6) is 0 Å². The van der Waals surface area contributed by atoms with Gasteiger partial charge in [0.2, 0.25) is 0 Å². The Morgan fingerprint density at radius 2 is 1.67 bits per heavy atom. The summed E-state index contributed by atoms with van der Waals surface area (Å²) in [5.41, 5.74) is 6.27. The van der Waals surface area contributed by atoms with E-state index in [4.69, 9.17) is 34.0 Å². The smallest absolute Gasteiger partial charge is 0.317 e. The Labute approximate surface area is 132 Å². The number of carbonyl (C=O) groups is 2. The van der Waals surface area contributed by atoms with Crippen molar-refractivity contribution in [2.24, 2.45) is 0 Å². The molecule has 3 N–H and O–H groups in total. The Kier molecular flexibility index (Phi) is 4.92. The quantitative estimate of drug-likeness (QED) is 0.818. The summed E-state index contributed by atoms with van der Waals surface area (Å²) in [4.78, 5) is 26.5. The number of nitrogens with zero attached hydrogens (tertiary/aromatic N) is 2. The lowest BCUT2D eigenvalue weighted by molar-refractivity contribution is -0.138. The maximum Gasteiger partial charge on any atom is 0.317 e. The normalized spacial score (nSPS) is 16.0. The Balaban J connectivity index is 2.04. The van der Waals surface area contributed by atoms with Crippen molar-refractivity contribution in [2.45, 2.75) is 0 Å². The van der Waals surface area contributed by atoms with Gasteiger partial charge in [-0.15, -0.1) is 0 Å². The van der Waals surface area contributed by atoms with Crippen molar-refractivity contribution in [3.05, 3.63) is 27.7 Å².